The number of nitrogens with zero attached hydrogens (tertiary/aromatic N) is 2. The monoisotopic (exact) mass is 162 g/mol. The Labute approximate surface area is 73.2 Å². The minimum atomic E-state index is 0.759. The Morgan fingerprint density at radius 3 is 3.08 bits per heavy atom. The second-order valence-electron chi connectivity index (χ2n) is 3.49. The molecule has 0 spiro atoms. The van der Waals surface area contributed by atoms with Gasteiger partial charge in [-0.25, -0.2) is 0 Å². The Morgan fingerprint density at radius 2 is 2.58 bits per heavy atom. The SMILES string of the molecule is CN1CCC1Cc1cccnc1. The van der Waals surface area contributed by atoms with E-state index in [2.05, 4.69) is 23.0 Å². The third kappa shape index (κ3) is 1.48. The topological polar surface area (TPSA) is 16.1 Å². The van der Waals surface area contributed by atoms with Gasteiger partial charge in [0.05, 0.1) is 0 Å². The van der Waals surface area contributed by atoms with Crippen molar-refractivity contribution in [2.45, 2.75) is 18.9 Å². The molecule has 12 heavy (non-hydrogen) atoms. The number of likely N-dealkylation sites (N-methyl/N-ethyl adjacent to an activating group) is 1. The van der Waals surface area contributed by atoms with Gasteiger partial charge in [0.1, 0.15) is 0 Å². The summed E-state index contributed by atoms with van der Waals surface area (Å²) in [6, 6.07) is 4.92. The van der Waals surface area contributed by atoms with Gasteiger partial charge >= 0.3 is 0 Å². The first-order valence-electron chi connectivity index (χ1n) is 4.45. The molecule has 1 aromatic rings. The number of rotatable bonds is 2. The van der Waals surface area contributed by atoms with Crippen molar-refractivity contribution in [3.63, 3.8) is 0 Å². The lowest BCUT2D eigenvalue weighted by atomic mass is 9.97. The molecule has 2 heterocycles. The zero-order chi connectivity index (χ0) is 8.39. The van der Waals surface area contributed by atoms with Crippen LogP contribution in [0.5, 0.6) is 0 Å². The molecule has 1 atom stereocenters. The van der Waals surface area contributed by atoms with Crippen molar-refractivity contribution in [1.29, 1.82) is 0 Å². The molecule has 0 bridgehead atoms. The van der Waals surface area contributed by atoms with E-state index in [0.717, 1.165) is 12.5 Å². The molecule has 0 aliphatic carbocycles. The van der Waals surface area contributed by atoms with E-state index in [4.69, 9.17) is 0 Å². The highest BCUT2D eigenvalue weighted by Gasteiger charge is 2.23. The van der Waals surface area contributed by atoms with Gasteiger partial charge in [-0.1, -0.05) is 6.07 Å². The summed E-state index contributed by atoms with van der Waals surface area (Å²) in [6.45, 7) is 1.25. The number of aromatic nitrogens is 1. The summed E-state index contributed by atoms with van der Waals surface area (Å²) in [5, 5.41) is 0. The normalized spacial score (nSPS) is 23.6. The summed E-state index contributed by atoms with van der Waals surface area (Å²) < 4.78 is 0. The molecule has 2 heteroatoms. The van der Waals surface area contributed by atoms with Gasteiger partial charge in [0.2, 0.25) is 0 Å². The largest absolute Gasteiger partial charge is 0.303 e. The minimum absolute atomic E-state index is 0.759. The fourth-order valence-electron chi connectivity index (χ4n) is 1.62. The van der Waals surface area contributed by atoms with Crippen molar-refractivity contribution in [3.05, 3.63) is 30.1 Å². The lowest BCUT2D eigenvalue weighted by Gasteiger charge is -2.37. The van der Waals surface area contributed by atoms with Gasteiger partial charge in [-0.3, -0.25) is 4.98 Å². The van der Waals surface area contributed by atoms with Crippen molar-refractivity contribution in [2.75, 3.05) is 13.6 Å². The number of hydrogen-bond donors (Lipinski definition) is 0. The molecule has 1 aliphatic rings. The highest BCUT2D eigenvalue weighted by atomic mass is 15.2. The average molecular weight is 162 g/mol. The van der Waals surface area contributed by atoms with Crippen LogP contribution in [0.1, 0.15) is 12.0 Å². The van der Waals surface area contributed by atoms with Gasteiger partial charge in [-0.05, 0) is 38.1 Å². The fourth-order valence-corrected chi connectivity index (χ4v) is 1.62. The molecule has 0 amide bonds. The molecule has 1 aromatic heterocycles. The van der Waals surface area contributed by atoms with Gasteiger partial charge in [0.25, 0.3) is 0 Å². The average Bonchev–Trinajstić information content (AvgIpc) is 2.14. The molecule has 0 N–H and O–H groups in total. The molecule has 1 saturated heterocycles. The van der Waals surface area contributed by atoms with E-state index in [1.54, 1.807) is 0 Å². The predicted octanol–water partition coefficient (Wildman–Crippen LogP) is 1.33. The van der Waals surface area contributed by atoms with Crippen LogP contribution < -0.4 is 0 Å². The first-order valence-corrected chi connectivity index (χ1v) is 4.45. The van der Waals surface area contributed by atoms with Crippen LogP contribution in [-0.4, -0.2) is 29.5 Å². The van der Waals surface area contributed by atoms with Gasteiger partial charge in [-0.15, -0.1) is 0 Å². The molecule has 1 aliphatic heterocycles. The van der Waals surface area contributed by atoms with Crippen LogP contribution >= 0.6 is 0 Å². The van der Waals surface area contributed by atoms with Gasteiger partial charge < -0.3 is 4.90 Å². The maximum absolute atomic E-state index is 4.10. The van der Waals surface area contributed by atoms with Crippen LogP contribution in [0.15, 0.2) is 24.5 Å². The van der Waals surface area contributed by atoms with Crippen LogP contribution in [-0.2, 0) is 6.42 Å². The van der Waals surface area contributed by atoms with Crippen molar-refractivity contribution in [1.82, 2.24) is 9.88 Å². The summed E-state index contributed by atoms with van der Waals surface area (Å²) in [5.74, 6) is 0. The molecule has 1 unspecified atom stereocenters. The first-order chi connectivity index (χ1) is 5.86. The van der Waals surface area contributed by atoms with Gasteiger partial charge in [0, 0.05) is 18.4 Å². The Hall–Kier alpha value is -0.890. The zero-order valence-electron chi connectivity index (χ0n) is 7.40. The third-order valence-corrected chi connectivity index (χ3v) is 2.63. The molecule has 0 saturated carbocycles. The van der Waals surface area contributed by atoms with Crippen molar-refractivity contribution in [2.24, 2.45) is 0 Å². The summed E-state index contributed by atoms with van der Waals surface area (Å²) in [6.07, 6.45) is 6.29. The van der Waals surface area contributed by atoms with E-state index in [0.29, 0.717) is 0 Å². The number of likely N-dealkylation sites (tertiary alicyclic amines) is 1. The van der Waals surface area contributed by atoms with Gasteiger partial charge in [-0.2, -0.15) is 0 Å². The Bertz CT molecular complexity index is 245. The maximum Gasteiger partial charge on any atom is 0.0300 e. The lowest BCUT2D eigenvalue weighted by molar-refractivity contribution is 0.126. The van der Waals surface area contributed by atoms with Crippen LogP contribution in [0, 0.1) is 0 Å². The standard InChI is InChI=1S/C10H14N2/c1-12-6-4-10(12)7-9-3-2-5-11-8-9/h2-3,5,8,10H,4,6-7H2,1H3. The van der Waals surface area contributed by atoms with E-state index in [-0.39, 0.29) is 0 Å². The number of hydrogen-bond acceptors (Lipinski definition) is 2. The quantitative estimate of drug-likeness (QED) is 0.652. The van der Waals surface area contributed by atoms with E-state index in [1.165, 1.54) is 18.5 Å². The van der Waals surface area contributed by atoms with Crippen LogP contribution in [0.25, 0.3) is 0 Å². The summed E-state index contributed by atoms with van der Waals surface area (Å²) in [4.78, 5) is 6.50. The van der Waals surface area contributed by atoms with E-state index >= 15 is 0 Å². The lowest BCUT2D eigenvalue weighted by Crippen LogP contribution is -2.45. The van der Waals surface area contributed by atoms with Gasteiger partial charge in [0.15, 0.2) is 0 Å². The molecular weight excluding hydrogens is 148 g/mol. The Balaban J connectivity index is 1.95. The fraction of sp³-hybridized carbons (Fsp3) is 0.500. The van der Waals surface area contributed by atoms with Crippen molar-refractivity contribution < 1.29 is 0 Å². The first kappa shape index (κ1) is 7.74. The molecule has 2 rings (SSSR count). The highest BCUT2D eigenvalue weighted by Crippen LogP contribution is 2.18. The van der Waals surface area contributed by atoms with E-state index in [9.17, 15) is 0 Å². The molecule has 2 nitrogen and oxygen atoms in total. The molecule has 64 valence electrons. The summed E-state index contributed by atoms with van der Waals surface area (Å²) in [7, 11) is 2.19. The second-order valence-corrected chi connectivity index (χ2v) is 3.49. The van der Waals surface area contributed by atoms with Crippen LogP contribution in [0.3, 0.4) is 0 Å². The molecule has 0 radical (unpaired) electrons. The second kappa shape index (κ2) is 3.23. The van der Waals surface area contributed by atoms with E-state index < -0.39 is 0 Å². The Kier molecular flexibility index (Phi) is 2.09. The maximum atomic E-state index is 4.10. The van der Waals surface area contributed by atoms with Crippen molar-refractivity contribution >= 4 is 0 Å². The highest BCUT2D eigenvalue weighted by molar-refractivity contribution is 5.11. The molecule has 0 aromatic carbocycles. The summed E-state index contributed by atoms with van der Waals surface area (Å²) >= 11 is 0. The molecular formula is C10H14N2. The summed E-state index contributed by atoms with van der Waals surface area (Å²) in [5.41, 5.74) is 1.36. The Morgan fingerprint density at radius 1 is 1.67 bits per heavy atom. The number of pyridine rings is 1. The van der Waals surface area contributed by atoms with Crippen LogP contribution in [0.2, 0.25) is 0 Å². The zero-order valence-corrected chi connectivity index (χ0v) is 7.40. The van der Waals surface area contributed by atoms with Crippen LogP contribution in [0.4, 0.5) is 0 Å². The van der Waals surface area contributed by atoms with E-state index in [1.807, 2.05) is 18.5 Å². The minimum Gasteiger partial charge on any atom is -0.303 e. The molecule has 1 fully saturated rings. The van der Waals surface area contributed by atoms with Crippen molar-refractivity contribution in [3.8, 4) is 0 Å². The smallest absolute Gasteiger partial charge is 0.0300 e. The predicted molar refractivity (Wildman–Crippen MR) is 49.0 cm³/mol. The third-order valence-electron chi connectivity index (χ3n) is 2.63.